The van der Waals surface area contributed by atoms with Crippen molar-refractivity contribution in [2.75, 3.05) is 43.4 Å². The molecule has 1 aliphatic carbocycles. The number of hydrogen-bond donors (Lipinski definition) is 0. The normalized spacial score (nSPS) is 19.0. The molecular formula is C28H27ClF2N4O3S. The van der Waals surface area contributed by atoms with Crippen molar-refractivity contribution in [2.24, 2.45) is 0 Å². The predicted molar refractivity (Wildman–Crippen MR) is 149 cm³/mol. The summed E-state index contributed by atoms with van der Waals surface area (Å²) in [6, 6.07) is 3.77. The van der Waals surface area contributed by atoms with E-state index < -0.39 is 17.3 Å². The van der Waals surface area contributed by atoms with E-state index >= 15 is 4.39 Å². The Kier molecular flexibility index (Phi) is 6.89. The average Bonchev–Trinajstić information content (AvgIpc) is 3.76. The van der Waals surface area contributed by atoms with E-state index in [-0.39, 0.29) is 28.6 Å². The molecule has 1 amide bonds. The summed E-state index contributed by atoms with van der Waals surface area (Å²) in [6.45, 7) is 7.79. The first-order chi connectivity index (χ1) is 18.8. The fourth-order valence-corrected chi connectivity index (χ4v) is 6.91. The Morgan fingerprint density at radius 1 is 1.21 bits per heavy atom. The molecule has 11 heteroatoms. The smallest absolute Gasteiger partial charge is 0.350 e. The highest BCUT2D eigenvalue weighted by atomic mass is 35.5. The minimum Gasteiger partial charge on any atom is -0.376 e. The highest BCUT2D eigenvalue weighted by molar-refractivity contribution is 7.99. The van der Waals surface area contributed by atoms with Gasteiger partial charge in [-0.1, -0.05) is 18.2 Å². The number of aryl methyl sites for hydroxylation is 1. The number of carbonyl (C=O) groups is 1. The van der Waals surface area contributed by atoms with Crippen LogP contribution >= 0.6 is 23.4 Å². The molecule has 7 nitrogen and oxygen atoms in total. The van der Waals surface area contributed by atoms with Crippen LogP contribution in [0.4, 0.5) is 14.6 Å². The SMILES string of the molecule is C=CC(=O)N1CCN(c2nc(=O)n3c4c(c(-c5cc(Cl)c(F)cc5F)c(C)cc24)SCC3COC2CC2)CC1. The third-order valence-electron chi connectivity index (χ3n) is 7.52. The standard InChI is InChI=1S/C28H27ClF2N4O3S/c1-3-23(36)33-6-8-34(9-7-33)27-19-10-15(2)24(18-11-20(29)22(31)12-21(18)30)26-25(19)35(28(37)32-27)16(14-39-26)13-38-17-4-5-17/h3,10-12,16-17H,1,4-9,13-14H2,2H3. The summed E-state index contributed by atoms with van der Waals surface area (Å²) in [5.41, 5.74) is 1.79. The van der Waals surface area contributed by atoms with E-state index in [0.29, 0.717) is 55.4 Å². The molecule has 6 rings (SSSR count). The van der Waals surface area contributed by atoms with Crippen LogP contribution in [0.5, 0.6) is 0 Å². The van der Waals surface area contributed by atoms with Gasteiger partial charge in [-0.15, -0.1) is 11.8 Å². The first-order valence-corrected chi connectivity index (χ1v) is 14.3. The van der Waals surface area contributed by atoms with Gasteiger partial charge in [0.1, 0.15) is 17.5 Å². The Morgan fingerprint density at radius 3 is 2.64 bits per heavy atom. The molecule has 39 heavy (non-hydrogen) atoms. The number of benzene rings is 2. The van der Waals surface area contributed by atoms with Crippen molar-refractivity contribution >= 4 is 46.0 Å². The van der Waals surface area contributed by atoms with E-state index in [1.807, 2.05) is 17.9 Å². The Morgan fingerprint density at radius 2 is 1.95 bits per heavy atom. The number of aromatic nitrogens is 2. The van der Waals surface area contributed by atoms with Crippen molar-refractivity contribution in [2.45, 2.75) is 36.8 Å². The molecule has 1 unspecified atom stereocenters. The number of nitrogens with zero attached hydrogens (tertiary/aromatic N) is 4. The van der Waals surface area contributed by atoms with Gasteiger partial charge >= 0.3 is 5.69 Å². The van der Waals surface area contributed by atoms with Crippen LogP contribution in [0.1, 0.15) is 24.4 Å². The van der Waals surface area contributed by atoms with E-state index in [0.717, 1.165) is 34.8 Å². The summed E-state index contributed by atoms with van der Waals surface area (Å²) in [7, 11) is 0. The molecule has 1 saturated carbocycles. The molecule has 2 aromatic carbocycles. The summed E-state index contributed by atoms with van der Waals surface area (Å²) >= 11 is 7.61. The molecule has 3 aliphatic rings. The van der Waals surface area contributed by atoms with E-state index in [1.165, 1.54) is 23.9 Å². The molecular weight excluding hydrogens is 546 g/mol. The monoisotopic (exact) mass is 572 g/mol. The fourth-order valence-electron chi connectivity index (χ4n) is 5.38. The molecule has 1 atom stereocenters. The molecule has 204 valence electrons. The van der Waals surface area contributed by atoms with Gasteiger partial charge in [-0.3, -0.25) is 9.36 Å². The van der Waals surface area contributed by atoms with E-state index in [4.69, 9.17) is 16.3 Å². The van der Waals surface area contributed by atoms with Crippen LogP contribution in [0.2, 0.25) is 5.02 Å². The minimum atomic E-state index is -0.826. The van der Waals surface area contributed by atoms with Crippen LogP contribution in [0.25, 0.3) is 22.0 Å². The summed E-state index contributed by atoms with van der Waals surface area (Å²) in [4.78, 5) is 34.7. The second-order valence-corrected chi connectivity index (χ2v) is 11.6. The van der Waals surface area contributed by atoms with Gasteiger partial charge < -0.3 is 14.5 Å². The summed E-state index contributed by atoms with van der Waals surface area (Å²) in [5, 5.41) is 0.598. The lowest BCUT2D eigenvalue weighted by atomic mass is 9.96. The lowest BCUT2D eigenvalue weighted by molar-refractivity contribution is -0.126. The number of carbonyl (C=O) groups excluding carboxylic acids is 1. The van der Waals surface area contributed by atoms with Gasteiger partial charge in [0.05, 0.1) is 29.3 Å². The summed E-state index contributed by atoms with van der Waals surface area (Å²) < 4.78 is 36.8. The van der Waals surface area contributed by atoms with Crippen LogP contribution in [0, 0.1) is 18.6 Å². The molecule has 0 bridgehead atoms. The van der Waals surface area contributed by atoms with Crippen molar-refractivity contribution < 1.29 is 18.3 Å². The quantitative estimate of drug-likeness (QED) is 0.307. The number of rotatable bonds is 6. The lowest BCUT2D eigenvalue weighted by Crippen LogP contribution is -2.49. The molecule has 2 fully saturated rings. The molecule has 1 aromatic heterocycles. The molecule has 0 N–H and O–H groups in total. The number of amides is 1. The third-order valence-corrected chi connectivity index (χ3v) is 9.05. The molecule has 2 aliphatic heterocycles. The zero-order valence-electron chi connectivity index (χ0n) is 21.4. The van der Waals surface area contributed by atoms with Crippen LogP contribution in [-0.2, 0) is 9.53 Å². The number of anilines is 1. The van der Waals surface area contributed by atoms with Gasteiger partial charge in [-0.05, 0) is 43.5 Å². The van der Waals surface area contributed by atoms with Crippen LogP contribution < -0.4 is 10.6 Å². The zero-order valence-corrected chi connectivity index (χ0v) is 23.0. The van der Waals surface area contributed by atoms with Gasteiger partial charge in [0.25, 0.3) is 0 Å². The van der Waals surface area contributed by atoms with Gasteiger partial charge in [0, 0.05) is 59.4 Å². The summed E-state index contributed by atoms with van der Waals surface area (Å²) in [6.07, 6.45) is 3.57. The fraction of sp³-hybridized carbons (Fsp3) is 0.393. The molecule has 3 aromatic rings. The number of ether oxygens (including phenoxy) is 1. The van der Waals surface area contributed by atoms with Crippen LogP contribution in [0.15, 0.2) is 40.5 Å². The van der Waals surface area contributed by atoms with Crippen molar-refractivity contribution in [1.82, 2.24) is 14.5 Å². The van der Waals surface area contributed by atoms with Crippen molar-refractivity contribution in [3.8, 4) is 11.1 Å². The van der Waals surface area contributed by atoms with Crippen molar-refractivity contribution in [3.63, 3.8) is 0 Å². The lowest BCUT2D eigenvalue weighted by Gasteiger charge is -2.36. The number of hydrogen-bond acceptors (Lipinski definition) is 6. The minimum absolute atomic E-state index is 0.130. The number of halogens is 3. The third kappa shape index (κ3) is 4.72. The van der Waals surface area contributed by atoms with E-state index in [1.54, 1.807) is 9.47 Å². The van der Waals surface area contributed by atoms with Gasteiger partial charge in [0.2, 0.25) is 5.91 Å². The van der Waals surface area contributed by atoms with Gasteiger partial charge in [0.15, 0.2) is 0 Å². The first-order valence-electron chi connectivity index (χ1n) is 12.9. The van der Waals surface area contributed by atoms with Crippen LogP contribution in [-0.4, -0.2) is 65.0 Å². The maximum atomic E-state index is 15.1. The van der Waals surface area contributed by atoms with Crippen molar-refractivity contribution in [3.05, 3.63) is 63.6 Å². The Balaban J connectivity index is 1.53. The zero-order chi connectivity index (χ0) is 27.4. The average molecular weight is 573 g/mol. The van der Waals surface area contributed by atoms with Crippen LogP contribution in [0.3, 0.4) is 0 Å². The second kappa shape index (κ2) is 10.2. The highest BCUT2D eigenvalue weighted by Crippen LogP contribution is 2.47. The molecule has 1 saturated heterocycles. The molecule has 0 radical (unpaired) electrons. The second-order valence-electron chi connectivity index (χ2n) is 10.1. The Bertz CT molecular complexity index is 1570. The maximum absolute atomic E-state index is 15.1. The number of thioether (sulfide) groups is 1. The van der Waals surface area contributed by atoms with Gasteiger partial charge in [-0.2, -0.15) is 4.98 Å². The number of piperazine rings is 1. The first kappa shape index (κ1) is 26.3. The predicted octanol–water partition coefficient (Wildman–Crippen LogP) is 4.96. The van der Waals surface area contributed by atoms with E-state index in [2.05, 4.69) is 11.6 Å². The van der Waals surface area contributed by atoms with Gasteiger partial charge in [-0.25, -0.2) is 13.6 Å². The molecule has 0 spiro atoms. The Hall–Kier alpha value is -2.95. The summed E-state index contributed by atoms with van der Waals surface area (Å²) in [5.74, 6) is -0.593. The highest BCUT2D eigenvalue weighted by Gasteiger charge is 2.33. The maximum Gasteiger partial charge on any atom is 0.350 e. The van der Waals surface area contributed by atoms with E-state index in [9.17, 15) is 14.0 Å². The topological polar surface area (TPSA) is 67.7 Å². The largest absolute Gasteiger partial charge is 0.376 e. The Labute approximate surface area is 233 Å². The van der Waals surface area contributed by atoms with Crippen molar-refractivity contribution in [1.29, 1.82) is 0 Å². The molecule has 3 heterocycles.